The summed E-state index contributed by atoms with van der Waals surface area (Å²) in [6.45, 7) is 6.86. The van der Waals surface area contributed by atoms with Crippen LogP contribution >= 0.6 is 0 Å². The Balaban J connectivity index is 1.72. The van der Waals surface area contributed by atoms with Crippen molar-refractivity contribution in [2.24, 2.45) is 5.92 Å². The van der Waals surface area contributed by atoms with Crippen molar-refractivity contribution in [3.8, 4) is 11.5 Å². The van der Waals surface area contributed by atoms with E-state index in [0.29, 0.717) is 23.8 Å². The van der Waals surface area contributed by atoms with E-state index in [4.69, 9.17) is 9.47 Å². The summed E-state index contributed by atoms with van der Waals surface area (Å²) in [7, 11) is 1.51. The molecule has 1 amide bonds. The van der Waals surface area contributed by atoms with Gasteiger partial charge in [-0.05, 0) is 55.6 Å². The topological polar surface area (TPSA) is 50.8 Å². The third kappa shape index (κ3) is 6.69. The van der Waals surface area contributed by atoms with E-state index in [-0.39, 0.29) is 30.7 Å². The van der Waals surface area contributed by atoms with Crippen molar-refractivity contribution in [3.05, 3.63) is 59.4 Å². The van der Waals surface area contributed by atoms with Crippen LogP contribution in [-0.2, 0) is 17.8 Å². The van der Waals surface area contributed by atoms with Crippen molar-refractivity contribution in [3.63, 3.8) is 0 Å². The fourth-order valence-corrected chi connectivity index (χ4v) is 3.75. The Labute approximate surface area is 184 Å². The van der Waals surface area contributed by atoms with Gasteiger partial charge in [0.05, 0.1) is 20.1 Å². The molecule has 0 bridgehead atoms. The van der Waals surface area contributed by atoms with Gasteiger partial charge in [-0.1, -0.05) is 32.0 Å². The zero-order chi connectivity index (χ0) is 22.2. The van der Waals surface area contributed by atoms with E-state index in [2.05, 4.69) is 19.2 Å². The molecule has 3 rings (SSSR count). The first kappa shape index (κ1) is 23.1. The summed E-state index contributed by atoms with van der Waals surface area (Å²) < 4.78 is 25.4. The lowest BCUT2D eigenvalue weighted by molar-refractivity contribution is -0.134. The van der Waals surface area contributed by atoms with Crippen molar-refractivity contribution < 1.29 is 18.7 Å². The van der Waals surface area contributed by atoms with Gasteiger partial charge in [0, 0.05) is 24.2 Å². The van der Waals surface area contributed by atoms with Crippen LogP contribution in [0.2, 0.25) is 0 Å². The maximum Gasteiger partial charge on any atom is 0.227 e. The van der Waals surface area contributed by atoms with Crippen LogP contribution in [0.5, 0.6) is 11.5 Å². The summed E-state index contributed by atoms with van der Waals surface area (Å²) in [6, 6.07) is 12.6. The number of hydrogen-bond donors (Lipinski definition) is 1. The summed E-state index contributed by atoms with van der Waals surface area (Å²) in [5.74, 6) is 1.40. The predicted octanol–water partition coefficient (Wildman–Crippen LogP) is 4.19. The van der Waals surface area contributed by atoms with Gasteiger partial charge < -0.3 is 19.7 Å². The van der Waals surface area contributed by atoms with Gasteiger partial charge in [0.25, 0.3) is 0 Å². The first-order chi connectivity index (χ1) is 15.0. The maximum atomic E-state index is 14.6. The van der Waals surface area contributed by atoms with Crippen molar-refractivity contribution in [1.82, 2.24) is 10.2 Å². The van der Waals surface area contributed by atoms with Crippen LogP contribution in [0.15, 0.2) is 42.5 Å². The molecule has 1 heterocycles. The number of carbonyl (C=O) groups is 1. The van der Waals surface area contributed by atoms with Crippen LogP contribution in [0.4, 0.5) is 4.39 Å². The maximum absolute atomic E-state index is 14.6. The molecule has 2 aromatic rings. The molecule has 0 saturated carbocycles. The summed E-state index contributed by atoms with van der Waals surface area (Å²) in [5, 5.41) is 3.33. The van der Waals surface area contributed by atoms with Gasteiger partial charge in [-0.2, -0.15) is 0 Å². The summed E-state index contributed by atoms with van der Waals surface area (Å²) in [5.41, 5.74) is 1.43. The molecule has 1 N–H and O–H groups in total. The largest absolute Gasteiger partial charge is 0.497 e. The van der Waals surface area contributed by atoms with E-state index in [1.165, 1.54) is 13.2 Å². The van der Waals surface area contributed by atoms with E-state index in [0.717, 1.165) is 37.2 Å². The van der Waals surface area contributed by atoms with Gasteiger partial charge in [-0.25, -0.2) is 4.39 Å². The van der Waals surface area contributed by atoms with E-state index in [1.807, 2.05) is 29.2 Å². The number of carbonyl (C=O) groups excluding carboxylic acids is 1. The van der Waals surface area contributed by atoms with Crippen LogP contribution < -0.4 is 14.8 Å². The monoisotopic (exact) mass is 428 g/mol. The molecule has 5 nitrogen and oxygen atoms in total. The molecule has 0 atom stereocenters. The van der Waals surface area contributed by atoms with Gasteiger partial charge in [0.15, 0.2) is 0 Å². The Morgan fingerprint density at radius 1 is 1.13 bits per heavy atom. The minimum Gasteiger partial charge on any atom is -0.497 e. The molecular formula is C25H33FN2O3. The normalized spacial score (nSPS) is 14.5. The Morgan fingerprint density at radius 2 is 1.81 bits per heavy atom. The lowest BCUT2D eigenvalue weighted by Gasteiger charge is -2.35. The lowest BCUT2D eigenvalue weighted by Crippen LogP contribution is -2.46. The number of ether oxygens (including phenoxy) is 2. The second-order valence-electron chi connectivity index (χ2n) is 8.49. The highest BCUT2D eigenvalue weighted by Crippen LogP contribution is 2.22. The van der Waals surface area contributed by atoms with E-state index < -0.39 is 0 Å². The fraction of sp³-hybridized carbons (Fsp3) is 0.480. The minimum absolute atomic E-state index is 0.0120. The molecule has 168 valence electrons. The molecule has 6 heteroatoms. The van der Waals surface area contributed by atoms with Crippen LogP contribution in [-0.4, -0.2) is 43.7 Å². The minimum atomic E-state index is -0.349. The fourth-order valence-electron chi connectivity index (χ4n) is 3.75. The number of halogens is 1. The van der Waals surface area contributed by atoms with E-state index >= 15 is 0 Å². The van der Waals surface area contributed by atoms with Crippen LogP contribution in [0.1, 0.15) is 37.8 Å². The molecule has 1 aliphatic rings. The smallest absolute Gasteiger partial charge is 0.227 e. The van der Waals surface area contributed by atoms with Crippen LogP contribution in [0.3, 0.4) is 0 Å². The summed E-state index contributed by atoms with van der Waals surface area (Å²) >= 11 is 0. The Morgan fingerprint density at radius 3 is 2.42 bits per heavy atom. The third-order valence-corrected chi connectivity index (χ3v) is 5.53. The van der Waals surface area contributed by atoms with Crippen molar-refractivity contribution in [2.75, 3.05) is 26.8 Å². The average Bonchev–Trinajstić information content (AvgIpc) is 2.78. The predicted molar refractivity (Wildman–Crippen MR) is 120 cm³/mol. The van der Waals surface area contributed by atoms with Gasteiger partial charge in [0.2, 0.25) is 5.91 Å². The second kappa shape index (κ2) is 11.1. The molecule has 0 radical (unpaired) electrons. The molecule has 31 heavy (non-hydrogen) atoms. The Bertz CT molecular complexity index is 848. The molecule has 1 fully saturated rings. The summed E-state index contributed by atoms with van der Waals surface area (Å²) in [6.07, 6.45) is 2.02. The molecule has 0 unspecified atom stereocenters. The molecule has 1 saturated heterocycles. The first-order valence-corrected chi connectivity index (χ1v) is 11.0. The van der Waals surface area contributed by atoms with Gasteiger partial charge >= 0.3 is 0 Å². The van der Waals surface area contributed by atoms with Crippen molar-refractivity contribution >= 4 is 5.91 Å². The zero-order valence-electron chi connectivity index (χ0n) is 18.7. The number of hydrogen-bond acceptors (Lipinski definition) is 4. The van der Waals surface area contributed by atoms with Gasteiger partial charge in [-0.15, -0.1) is 0 Å². The molecule has 0 spiro atoms. The van der Waals surface area contributed by atoms with E-state index in [9.17, 15) is 9.18 Å². The quantitative estimate of drug-likeness (QED) is 0.651. The number of nitrogens with one attached hydrogen (secondary N) is 1. The van der Waals surface area contributed by atoms with E-state index in [1.54, 1.807) is 12.1 Å². The van der Waals surface area contributed by atoms with Gasteiger partial charge in [-0.3, -0.25) is 4.79 Å². The highest BCUT2D eigenvalue weighted by Gasteiger charge is 2.26. The molecule has 0 aliphatic carbocycles. The number of nitrogens with zero attached hydrogens (tertiary/aromatic N) is 1. The standard InChI is InChI=1S/C25H33FN2O3/c1-18(2)17-31-22-7-4-19(5-8-22)14-25(29)28(21-10-12-27-13-11-21)16-20-6-9-23(30-3)15-24(20)26/h4-9,15,18,21,27H,10-14,16-17H2,1-3H3. The van der Waals surface area contributed by atoms with Crippen LogP contribution in [0.25, 0.3) is 0 Å². The second-order valence-corrected chi connectivity index (χ2v) is 8.49. The number of benzene rings is 2. The molecule has 1 aliphatic heterocycles. The number of amides is 1. The first-order valence-electron chi connectivity index (χ1n) is 11.0. The van der Waals surface area contributed by atoms with Crippen molar-refractivity contribution in [1.29, 1.82) is 0 Å². The molecule has 0 aromatic heterocycles. The number of piperidine rings is 1. The zero-order valence-corrected chi connectivity index (χ0v) is 18.7. The Hall–Kier alpha value is -2.60. The third-order valence-electron chi connectivity index (χ3n) is 5.53. The highest BCUT2D eigenvalue weighted by molar-refractivity contribution is 5.79. The van der Waals surface area contributed by atoms with Crippen LogP contribution in [0, 0.1) is 11.7 Å². The Kier molecular flexibility index (Phi) is 8.29. The molecular weight excluding hydrogens is 395 g/mol. The number of rotatable bonds is 9. The van der Waals surface area contributed by atoms with Crippen molar-refractivity contribution in [2.45, 2.75) is 45.7 Å². The average molecular weight is 429 g/mol. The van der Waals surface area contributed by atoms with Gasteiger partial charge in [0.1, 0.15) is 17.3 Å². The lowest BCUT2D eigenvalue weighted by atomic mass is 10.0. The molecule has 2 aromatic carbocycles. The number of methoxy groups -OCH3 is 1. The highest BCUT2D eigenvalue weighted by atomic mass is 19.1. The summed E-state index contributed by atoms with van der Waals surface area (Å²) in [4.78, 5) is 15.1. The SMILES string of the molecule is COc1ccc(CN(C(=O)Cc2ccc(OCC(C)C)cc2)C2CCNCC2)c(F)c1.